The smallest absolute Gasteiger partial charge is 0.333 e. The number of ether oxygens (including phenoxy) is 1. The molecule has 1 aromatic rings. The van der Waals surface area contributed by atoms with E-state index in [-0.39, 0.29) is 12.1 Å². The molecule has 1 aromatic carbocycles. The molecule has 0 aromatic heterocycles. The molecule has 0 radical (unpaired) electrons. The fraction of sp³-hybridized carbons (Fsp3) is 0.652. The molecule has 7 nitrogen and oxygen atoms in total. The van der Waals surface area contributed by atoms with Gasteiger partial charge in [-0.05, 0) is 75.1 Å². The van der Waals surface area contributed by atoms with E-state index in [1.165, 1.54) is 57.2 Å². The highest BCUT2D eigenvalue weighted by Crippen LogP contribution is 2.18. The van der Waals surface area contributed by atoms with Crippen LogP contribution in [-0.4, -0.2) is 48.3 Å². The zero-order chi connectivity index (χ0) is 21.7. The van der Waals surface area contributed by atoms with Gasteiger partial charge in [0.15, 0.2) is 5.11 Å². The quantitative estimate of drug-likeness (QED) is 0.278. The Morgan fingerprint density at radius 1 is 1.06 bits per heavy atom. The number of rotatable bonds is 8. The van der Waals surface area contributed by atoms with E-state index in [1.54, 1.807) is 0 Å². The number of piperidine rings is 1. The zero-order valence-electron chi connectivity index (χ0n) is 18.5. The normalized spacial score (nSPS) is 17.5. The van der Waals surface area contributed by atoms with Crippen LogP contribution < -0.4 is 26.2 Å². The van der Waals surface area contributed by atoms with Crippen LogP contribution in [0, 0.1) is 0 Å². The van der Waals surface area contributed by atoms with E-state index >= 15 is 0 Å². The van der Waals surface area contributed by atoms with Crippen LogP contribution >= 0.6 is 12.2 Å². The molecular formula is C23H37N5O2S. The summed E-state index contributed by atoms with van der Waals surface area (Å²) in [5.74, 6) is 0.913. The van der Waals surface area contributed by atoms with E-state index in [0.29, 0.717) is 18.3 Å². The number of nitrogens with zero attached hydrogens (tertiary/aromatic N) is 1. The monoisotopic (exact) mass is 447 g/mol. The average molecular weight is 448 g/mol. The number of carbonyl (C=O) groups excluding carboxylic acids is 1. The Bertz CT molecular complexity index is 690. The summed E-state index contributed by atoms with van der Waals surface area (Å²) in [7, 11) is 0. The van der Waals surface area contributed by atoms with Crippen LogP contribution in [-0.2, 0) is 6.54 Å². The SMILES string of the molecule is O=C(NNC(=S)NCCCOc1cccc(CN2CCCCC2)c1)NC1CCCCC1. The molecule has 2 fully saturated rings. The molecule has 0 unspecified atom stereocenters. The maximum atomic E-state index is 11.9. The van der Waals surface area contributed by atoms with Gasteiger partial charge in [0.05, 0.1) is 6.61 Å². The second-order valence-electron chi connectivity index (χ2n) is 8.50. The van der Waals surface area contributed by atoms with Gasteiger partial charge < -0.3 is 15.4 Å². The molecule has 1 saturated carbocycles. The second kappa shape index (κ2) is 13.4. The Kier molecular flexibility index (Phi) is 10.2. The van der Waals surface area contributed by atoms with Gasteiger partial charge in [-0.25, -0.2) is 10.2 Å². The first kappa shape index (κ1) is 23.6. The number of hydrogen-bond donors (Lipinski definition) is 4. The van der Waals surface area contributed by atoms with Gasteiger partial charge in [0, 0.05) is 19.1 Å². The predicted molar refractivity (Wildman–Crippen MR) is 128 cm³/mol. The van der Waals surface area contributed by atoms with Crippen molar-refractivity contribution in [1.29, 1.82) is 0 Å². The van der Waals surface area contributed by atoms with Crippen molar-refractivity contribution in [2.24, 2.45) is 0 Å². The van der Waals surface area contributed by atoms with Gasteiger partial charge in [-0.1, -0.05) is 37.8 Å². The molecule has 1 heterocycles. The summed E-state index contributed by atoms with van der Waals surface area (Å²) in [6, 6.07) is 8.42. The largest absolute Gasteiger partial charge is 0.494 e. The second-order valence-corrected chi connectivity index (χ2v) is 8.91. The van der Waals surface area contributed by atoms with E-state index in [1.807, 2.05) is 6.07 Å². The summed E-state index contributed by atoms with van der Waals surface area (Å²) < 4.78 is 5.90. The van der Waals surface area contributed by atoms with Gasteiger partial charge in [0.1, 0.15) is 5.75 Å². The molecule has 0 spiro atoms. The number of thiocarbonyl (C=S) groups is 1. The lowest BCUT2D eigenvalue weighted by atomic mass is 9.96. The summed E-state index contributed by atoms with van der Waals surface area (Å²) >= 11 is 5.20. The molecule has 172 valence electrons. The first-order valence-electron chi connectivity index (χ1n) is 11.7. The number of urea groups is 1. The number of amides is 2. The molecule has 2 aliphatic rings. The Balaban J connectivity index is 1.24. The van der Waals surface area contributed by atoms with Gasteiger partial charge in [-0.2, -0.15) is 0 Å². The third kappa shape index (κ3) is 9.31. The van der Waals surface area contributed by atoms with Crippen LogP contribution in [0.2, 0.25) is 0 Å². The molecule has 1 aliphatic heterocycles. The highest BCUT2D eigenvalue weighted by atomic mass is 32.1. The van der Waals surface area contributed by atoms with Gasteiger partial charge in [0.2, 0.25) is 0 Å². The van der Waals surface area contributed by atoms with E-state index in [4.69, 9.17) is 17.0 Å². The molecule has 0 bridgehead atoms. The van der Waals surface area contributed by atoms with Crippen molar-refractivity contribution in [3.63, 3.8) is 0 Å². The fourth-order valence-electron chi connectivity index (χ4n) is 4.20. The van der Waals surface area contributed by atoms with Crippen LogP contribution in [0.5, 0.6) is 5.75 Å². The van der Waals surface area contributed by atoms with Crippen LogP contribution in [0.3, 0.4) is 0 Å². The van der Waals surface area contributed by atoms with Crippen molar-refractivity contribution in [2.75, 3.05) is 26.2 Å². The average Bonchev–Trinajstić information content (AvgIpc) is 2.79. The van der Waals surface area contributed by atoms with E-state index in [9.17, 15) is 4.79 Å². The topological polar surface area (TPSA) is 77.7 Å². The molecule has 2 amide bonds. The third-order valence-electron chi connectivity index (χ3n) is 5.86. The summed E-state index contributed by atoms with van der Waals surface area (Å²) in [6.45, 7) is 4.67. The van der Waals surface area contributed by atoms with Gasteiger partial charge in [-0.3, -0.25) is 10.3 Å². The van der Waals surface area contributed by atoms with E-state index in [2.05, 4.69) is 44.6 Å². The first-order valence-corrected chi connectivity index (χ1v) is 12.1. The molecule has 1 saturated heterocycles. The highest BCUT2D eigenvalue weighted by Gasteiger charge is 2.15. The van der Waals surface area contributed by atoms with Crippen molar-refractivity contribution in [3.8, 4) is 5.75 Å². The van der Waals surface area contributed by atoms with Crippen molar-refractivity contribution in [1.82, 2.24) is 26.4 Å². The van der Waals surface area contributed by atoms with E-state index in [0.717, 1.165) is 31.6 Å². The number of nitrogens with one attached hydrogen (secondary N) is 4. The lowest BCUT2D eigenvalue weighted by Crippen LogP contribution is -2.52. The minimum Gasteiger partial charge on any atom is -0.494 e. The number of carbonyl (C=O) groups is 1. The van der Waals surface area contributed by atoms with Crippen molar-refractivity contribution in [2.45, 2.75) is 70.4 Å². The van der Waals surface area contributed by atoms with Crippen LogP contribution in [0.25, 0.3) is 0 Å². The lowest BCUT2D eigenvalue weighted by molar-refractivity contribution is 0.220. The minimum atomic E-state index is -0.233. The van der Waals surface area contributed by atoms with Gasteiger partial charge in [-0.15, -0.1) is 0 Å². The van der Waals surface area contributed by atoms with Crippen LogP contribution in [0.4, 0.5) is 4.79 Å². The zero-order valence-corrected chi connectivity index (χ0v) is 19.3. The molecule has 1 aliphatic carbocycles. The number of hydrogen-bond acceptors (Lipinski definition) is 4. The molecular weight excluding hydrogens is 410 g/mol. The number of likely N-dealkylation sites (tertiary alicyclic amines) is 1. The maximum absolute atomic E-state index is 11.9. The molecule has 0 atom stereocenters. The highest BCUT2D eigenvalue weighted by molar-refractivity contribution is 7.80. The molecule has 31 heavy (non-hydrogen) atoms. The Morgan fingerprint density at radius 2 is 1.84 bits per heavy atom. The van der Waals surface area contributed by atoms with Crippen LogP contribution in [0.1, 0.15) is 63.4 Å². The Labute approximate surface area is 191 Å². The summed E-state index contributed by atoms with van der Waals surface area (Å²) in [5, 5.41) is 6.47. The van der Waals surface area contributed by atoms with Gasteiger partial charge in [0.25, 0.3) is 0 Å². The van der Waals surface area contributed by atoms with Crippen molar-refractivity contribution < 1.29 is 9.53 Å². The van der Waals surface area contributed by atoms with E-state index < -0.39 is 0 Å². The first-order chi connectivity index (χ1) is 15.2. The Morgan fingerprint density at radius 3 is 2.65 bits per heavy atom. The Hall–Kier alpha value is -2.06. The summed E-state index contributed by atoms with van der Waals surface area (Å²) in [6.07, 6.45) is 10.5. The van der Waals surface area contributed by atoms with Crippen molar-refractivity contribution >= 4 is 23.4 Å². The molecule has 8 heteroatoms. The minimum absolute atomic E-state index is 0.233. The lowest BCUT2D eigenvalue weighted by Gasteiger charge is -2.26. The fourth-order valence-corrected chi connectivity index (χ4v) is 4.35. The molecule has 3 rings (SSSR count). The number of benzene rings is 1. The van der Waals surface area contributed by atoms with Gasteiger partial charge >= 0.3 is 6.03 Å². The van der Waals surface area contributed by atoms with Crippen LogP contribution in [0.15, 0.2) is 24.3 Å². The van der Waals surface area contributed by atoms with Crippen molar-refractivity contribution in [3.05, 3.63) is 29.8 Å². The number of hydrazine groups is 1. The predicted octanol–water partition coefficient (Wildman–Crippen LogP) is 3.45. The summed E-state index contributed by atoms with van der Waals surface area (Å²) in [5.41, 5.74) is 6.64. The summed E-state index contributed by atoms with van der Waals surface area (Å²) in [4.78, 5) is 14.4. The standard InChI is InChI=1S/C23H37N5O2S/c29-22(25-20-10-3-1-4-11-20)26-27-23(31)24-13-8-16-30-21-12-7-9-19(17-21)18-28-14-5-2-6-15-28/h7,9,12,17,20H,1-6,8,10-11,13-16,18H2,(H2,24,27,31)(H2,25,26,29). The molecule has 4 N–H and O–H groups in total. The maximum Gasteiger partial charge on any atom is 0.333 e. The third-order valence-corrected chi connectivity index (χ3v) is 6.11.